The molecular weight excluding hydrogens is 377 g/mol. The standard InChI is InChI=1S/C21H20FN3O2S/c1-13-19(20(27)23-12-11-15-5-3-4-6-18(15)22)25-21(28-13)16-7-9-17(10-8-16)24-14(2)26/h3-10H,11-12H2,1-2H3,(H,23,27)(H,24,26). The van der Waals surface area contributed by atoms with E-state index in [0.29, 0.717) is 29.9 Å². The molecule has 144 valence electrons. The normalized spacial score (nSPS) is 10.5. The summed E-state index contributed by atoms with van der Waals surface area (Å²) >= 11 is 1.43. The zero-order valence-corrected chi connectivity index (χ0v) is 16.4. The number of carbonyl (C=O) groups is 2. The highest BCUT2D eigenvalue weighted by molar-refractivity contribution is 7.15. The lowest BCUT2D eigenvalue weighted by atomic mass is 10.1. The number of carbonyl (C=O) groups excluding carboxylic acids is 2. The summed E-state index contributed by atoms with van der Waals surface area (Å²) in [7, 11) is 0. The summed E-state index contributed by atoms with van der Waals surface area (Å²) in [6.45, 7) is 3.63. The van der Waals surface area contributed by atoms with E-state index in [0.717, 1.165) is 15.4 Å². The third kappa shape index (κ3) is 4.80. The van der Waals surface area contributed by atoms with Gasteiger partial charge < -0.3 is 10.6 Å². The molecule has 5 nitrogen and oxygen atoms in total. The van der Waals surface area contributed by atoms with Crippen molar-refractivity contribution in [1.29, 1.82) is 0 Å². The molecule has 0 fully saturated rings. The van der Waals surface area contributed by atoms with E-state index in [1.54, 1.807) is 30.3 Å². The predicted octanol–water partition coefficient (Wildman–Crippen LogP) is 4.19. The van der Waals surface area contributed by atoms with E-state index in [9.17, 15) is 14.0 Å². The Morgan fingerprint density at radius 2 is 1.82 bits per heavy atom. The van der Waals surface area contributed by atoms with Crippen LogP contribution in [0.4, 0.5) is 10.1 Å². The van der Waals surface area contributed by atoms with Gasteiger partial charge in [0.05, 0.1) is 0 Å². The van der Waals surface area contributed by atoms with E-state index in [1.165, 1.54) is 24.3 Å². The van der Waals surface area contributed by atoms with Crippen LogP contribution < -0.4 is 10.6 Å². The first kappa shape index (κ1) is 19.7. The summed E-state index contributed by atoms with van der Waals surface area (Å²) in [4.78, 5) is 28.8. The third-order valence-electron chi connectivity index (χ3n) is 4.10. The molecule has 28 heavy (non-hydrogen) atoms. The summed E-state index contributed by atoms with van der Waals surface area (Å²) in [5, 5.41) is 6.24. The van der Waals surface area contributed by atoms with Crippen LogP contribution in [-0.2, 0) is 11.2 Å². The van der Waals surface area contributed by atoms with Crippen molar-refractivity contribution < 1.29 is 14.0 Å². The molecule has 2 amide bonds. The number of rotatable bonds is 6. The minimum atomic E-state index is -0.272. The highest BCUT2D eigenvalue weighted by atomic mass is 32.1. The van der Waals surface area contributed by atoms with Crippen LogP contribution in [0.1, 0.15) is 27.9 Å². The first-order valence-corrected chi connectivity index (χ1v) is 9.63. The van der Waals surface area contributed by atoms with Gasteiger partial charge >= 0.3 is 0 Å². The van der Waals surface area contributed by atoms with E-state index in [1.807, 2.05) is 19.1 Å². The number of amides is 2. The van der Waals surface area contributed by atoms with Crippen molar-refractivity contribution in [3.8, 4) is 10.6 Å². The Balaban J connectivity index is 1.65. The zero-order chi connectivity index (χ0) is 20.1. The molecule has 0 aliphatic heterocycles. The number of aromatic nitrogens is 1. The molecule has 7 heteroatoms. The van der Waals surface area contributed by atoms with Crippen LogP contribution in [-0.4, -0.2) is 23.3 Å². The number of hydrogen-bond acceptors (Lipinski definition) is 4. The largest absolute Gasteiger partial charge is 0.350 e. The molecule has 3 aromatic rings. The Morgan fingerprint density at radius 1 is 1.11 bits per heavy atom. The number of anilines is 1. The second-order valence-electron chi connectivity index (χ2n) is 6.28. The van der Waals surface area contributed by atoms with E-state index < -0.39 is 0 Å². The average Bonchev–Trinajstić information content (AvgIpc) is 3.05. The Hall–Kier alpha value is -3.06. The number of nitrogens with one attached hydrogen (secondary N) is 2. The molecule has 0 aliphatic carbocycles. The van der Waals surface area contributed by atoms with Crippen LogP contribution in [0, 0.1) is 12.7 Å². The average molecular weight is 397 g/mol. The minimum absolute atomic E-state index is 0.132. The fraction of sp³-hybridized carbons (Fsp3) is 0.190. The zero-order valence-electron chi connectivity index (χ0n) is 15.6. The lowest BCUT2D eigenvalue weighted by Gasteiger charge is -2.05. The maximum absolute atomic E-state index is 13.6. The summed E-state index contributed by atoms with van der Waals surface area (Å²) < 4.78 is 13.6. The van der Waals surface area contributed by atoms with Gasteiger partial charge in [-0.2, -0.15) is 0 Å². The quantitative estimate of drug-likeness (QED) is 0.655. The Bertz CT molecular complexity index is 999. The van der Waals surface area contributed by atoms with Crippen LogP contribution in [0.3, 0.4) is 0 Å². The Morgan fingerprint density at radius 3 is 2.50 bits per heavy atom. The van der Waals surface area contributed by atoms with E-state index >= 15 is 0 Å². The molecule has 0 radical (unpaired) electrons. The summed E-state index contributed by atoms with van der Waals surface area (Å²) in [6, 6.07) is 13.8. The lowest BCUT2D eigenvalue weighted by molar-refractivity contribution is -0.114. The fourth-order valence-corrected chi connectivity index (χ4v) is 3.64. The second kappa shape index (κ2) is 8.75. The van der Waals surface area contributed by atoms with Crippen molar-refractivity contribution >= 4 is 28.8 Å². The SMILES string of the molecule is CC(=O)Nc1ccc(-c2nc(C(=O)NCCc3ccccc3F)c(C)s2)cc1. The lowest BCUT2D eigenvalue weighted by Crippen LogP contribution is -2.26. The first-order valence-electron chi connectivity index (χ1n) is 8.81. The highest BCUT2D eigenvalue weighted by Gasteiger charge is 2.16. The molecule has 0 atom stereocenters. The van der Waals surface area contributed by atoms with E-state index in [-0.39, 0.29) is 17.6 Å². The van der Waals surface area contributed by atoms with Crippen molar-refractivity contribution in [2.24, 2.45) is 0 Å². The van der Waals surface area contributed by atoms with E-state index in [2.05, 4.69) is 15.6 Å². The molecule has 2 aromatic carbocycles. The smallest absolute Gasteiger partial charge is 0.271 e. The van der Waals surface area contributed by atoms with Gasteiger partial charge in [-0.15, -0.1) is 11.3 Å². The van der Waals surface area contributed by atoms with Crippen LogP contribution >= 0.6 is 11.3 Å². The van der Waals surface area contributed by atoms with Gasteiger partial charge in [0.25, 0.3) is 5.91 Å². The molecule has 0 saturated heterocycles. The van der Waals surface area contributed by atoms with Gasteiger partial charge in [0.2, 0.25) is 5.91 Å². The highest BCUT2D eigenvalue weighted by Crippen LogP contribution is 2.28. The fourth-order valence-electron chi connectivity index (χ4n) is 2.73. The molecular formula is C21H20FN3O2S. The maximum atomic E-state index is 13.6. The third-order valence-corrected chi connectivity index (χ3v) is 5.12. The van der Waals surface area contributed by atoms with E-state index in [4.69, 9.17) is 0 Å². The van der Waals surface area contributed by atoms with Gasteiger partial charge in [-0.1, -0.05) is 18.2 Å². The molecule has 2 N–H and O–H groups in total. The molecule has 0 saturated carbocycles. The molecule has 0 bridgehead atoms. The topological polar surface area (TPSA) is 71.1 Å². The molecule has 0 spiro atoms. The van der Waals surface area contributed by atoms with Crippen molar-refractivity contribution in [2.75, 3.05) is 11.9 Å². The molecule has 1 aromatic heterocycles. The number of aryl methyl sites for hydroxylation is 1. The van der Waals surface area contributed by atoms with Gasteiger partial charge in [0, 0.05) is 29.6 Å². The minimum Gasteiger partial charge on any atom is -0.350 e. The summed E-state index contributed by atoms with van der Waals surface area (Å²) in [5.41, 5.74) is 2.51. The maximum Gasteiger partial charge on any atom is 0.271 e. The first-order chi connectivity index (χ1) is 13.4. The van der Waals surface area contributed by atoms with Crippen molar-refractivity contribution in [1.82, 2.24) is 10.3 Å². The van der Waals surface area contributed by atoms with Crippen molar-refractivity contribution in [2.45, 2.75) is 20.3 Å². The summed E-state index contributed by atoms with van der Waals surface area (Å²) in [5.74, 6) is -0.676. The van der Waals surface area contributed by atoms with Gasteiger partial charge in [0.15, 0.2) is 0 Å². The number of thiazole rings is 1. The number of hydrogen-bond donors (Lipinski definition) is 2. The van der Waals surface area contributed by atoms with Crippen LogP contribution in [0.5, 0.6) is 0 Å². The number of nitrogens with zero attached hydrogens (tertiary/aromatic N) is 1. The monoisotopic (exact) mass is 397 g/mol. The Labute approximate surface area is 166 Å². The number of halogens is 1. The van der Waals surface area contributed by atoms with Crippen LogP contribution in [0.2, 0.25) is 0 Å². The van der Waals surface area contributed by atoms with Gasteiger partial charge in [-0.25, -0.2) is 9.37 Å². The van der Waals surface area contributed by atoms with Crippen molar-refractivity contribution in [3.63, 3.8) is 0 Å². The molecule has 3 rings (SSSR count). The van der Waals surface area contributed by atoms with Gasteiger partial charge in [0.1, 0.15) is 16.5 Å². The molecule has 1 heterocycles. The van der Waals surface area contributed by atoms with Gasteiger partial charge in [-0.05, 0) is 49.2 Å². The second-order valence-corrected chi connectivity index (χ2v) is 7.48. The predicted molar refractivity (Wildman–Crippen MR) is 109 cm³/mol. The van der Waals surface area contributed by atoms with Crippen LogP contribution in [0.25, 0.3) is 10.6 Å². The Kier molecular flexibility index (Phi) is 6.16. The molecule has 0 unspecified atom stereocenters. The van der Waals surface area contributed by atoms with Crippen LogP contribution in [0.15, 0.2) is 48.5 Å². The number of benzene rings is 2. The summed E-state index contributed by atoms with van der Waals surface area (Å²) in [6.07, 6.45) is 0.416. The van der Waals surface area contributed by atoms with Gasteiger partial charge in [-0.3, -0.25) is 9.59 Å². The molecule has 0 aliphatic rings. The van der Waals surface area contributed by atoms with Crippen molar-refractivity contribution in [3.05, 3.63) is 70.5 Å².